The van der Waals surface area contributed by atoms with Gasteiger partial charge in [-0.3, -0.25) is 0 Å². The van der Waals surface area contributed by atoms with Gasteiger partial charge in [0.05, 0.1) is 14.2 Å². The van der Waals surface area contributed by atoms with Gasteiger partial charge in [-0.15, -0.1) is 6.58 Å². The van der Waals surface area contributed by atoms with Crippen molar-refractivity contribution >= 4 is 0 Å². The highest BCUT2D eigenvalue weighted by atomic mass is 16.5. The van der Waals surface area contributed by atoms with Crippen LogP contribution in [0.3, 0.4) is 0 Å². The Labute approximate surface area is 132 Å². The summed E-state index contributed by atoms with van der Waals surface area (Å²) in [6, 6.07) is 16.5. The lowest BCUT2D eigenvalue weighted by Crippen LogP contribution is -2.20. The maximum absolute atomic E-state index is 5.21. The van der Waals surface area contributed by atoms with Gasteiger partial charge in [0.1, 0.15) is 11.5 Å². The summed E-state index contributed by atoms with van der Waals surface area (Å²) in [7, 11) is 3.36. The molecule has 0 aromatic heterocycles. The van der Waals surface area contributed by atoms with E-state index in [1.54, 1.807) is 14.2 Å². The molecule has 0 aliphatic carbocycles. The number of hydrogen-bond donors (Lipinski definition) is 1. The molecular formula is C19H23NO2. The molecule has 2 aromatic carbocycles. The minimum absolute atomic E-state index is 0.241. The number of rotatable bonds is 8. The smallest absolute Gasteiger partial charge is 0.118 e. The highest BCUT2D eigenvalue weighted by molar-refractivity contribution is 5.30. The van der Waals surface area contributed by atoms with Crippen molar-refractivity contribution in [2.75, 3.05) is 14.2 Å². The Morgan fingerprint density at radius 1 is 0.955 bits per heavy atom. The molecule has 3 heteroatoms. The predicted molar refractivity (Wildman–Crippen MR) is 90.4 cm³/mol. The van der Waals surface area contributed by atoms with Crippen LogP contribution in [0.1, 0.15) is 23.6 Å². The van der Waals surface area contributed by atoms with Crippen LogP contribution in [0.4, 0.5) is 0 Å². The van der Waals surface area contributed by atoms with Gasteiger partial charge in [-0.2, -0.15) is 0 Å². The number of benzene rings is 2. The summed E-state index contributed by atoms with van der Waals surface area (Å²) in [6.07, 6.45) is 2.82. The molecule has 0 aliphatic heterocycles. The first-order valence-corrected chi connectivity index (χ1v) is 7.38. The normalized spacial score (nSPS) is 11.7. The molecule has 2 rings (SSSR count). The molecule has 1 atom stereocenters. The van der Waals surface area contributed by atoms with Gasteiger partial charge in [0, 0.05) is 12.6 Å². The zero-order valence-corrected chi connectivity index (χ0v) is 13.2. The Bertz CT molecular complexity index is 575. The summed E-state index contributed by atoms with van der Waals surface area (Å²) in [4.78, 5) is 0. The summed E-state index contributed by atoms with van der Waals surface area (Å²) >= 11 is 0. The standard InChI is InChI=1S/C19H23NO2/c1-4-5-19(16-8-12-18(22-3)13-9-16)20-14-15-6-10-17(21-2)11-7-15/h4,6-13,19-20H,1,5,14H2,2-3H3/t19-/m1/s1. The van der Waals surface area contributed by atoms with Crippen LogP contribution in [0.2, 0.25) is 0 Å². The lowest BCUT2D eigenvalue weighted by Gasteiger charge is -2.18. The molecule has 0 unspecified atom stereocenters. The molecule has 1 N–H and O–H groups in total. The topological polar surface area (TPSA) is 30.5 Å². The van der Waals surface area contributed by atoms with E-state index in [0.29, 0.717) is 0 Å². The van der Waals surface area contributed by atoms with Crippen LogP contribution in [0.5, 0.6) is 11.5 Å². The summed E-state index contributed by atoms with van der Waals surface area (Å²) < 4.78 is 10.4. The molecule has 0 heterocycles. The Morgan fingerprint density at radius 3 is 2.00 bits per heavy atom. The van der Waals surface area contributed by atoms with E-state index in [-0.39, 0.29) is 6.04 Å². The van der Waals surface area contributed by atoms with Gasteiger partial charge >= 0.3 is 0 Å². The third-order valence-corrected chi connectivity index (χ3v) is 3.63. The van der Waals surface area contributed by atoms with Crippen molar-refractivity contribution in [2.45, 2.75) is 19.0 Å². The molecular weight excluding hydrogens is 274 g/mol. The Kier molecular flexibility index (Phi) is 6.04. The molecule has 0 fully saturated rings. The van der Waals surface area contributed by atoms with Gasteiger partial charge in [-0.1, -0.05) is 30.3 Å². The van der Waals surface area contributed by atoms with Gasteiger partial charge < -0.3 is 14.8 Å². The molecule has 0 saturated carbocycles. The largest absolute Gasteiger partial charge is 0.497 e. The van der Waals surface area contributed by atoms with E-state index in [1.807, 2.05) is 30.3 Å². The summed E-state index contributed by atoms with van der Waals surface area (Å²) in [5, 5.41) is 3.58. The van der Waals surface area contributed by atoms with Crippen molar-refractivity contribution in [3.05, 3.63) is 72.3 Å². The van der Waals surface area contributed by atoms with E-state index < -0.39 is 0 Å². The fourth-order valence-electron chi connectivity index (χ4n) is 2.32. The number of methoxy groups -OCH3 is 2. The molecule has 0 radical (unpaired) electrons. The van der Waals surface area contributed by atoms with Crippen LogP contribution in [-0.4, -0.2) is 14.2 Å². The molecule has 3 nitrogen and oxygen atoms in total. The SMILES string of the molecule is C=CC[C@@H](NCc1ccc(OC)cc1)c1ccc(OC)cc1. The Morgan fingerprint density at radius 2 is 1.50 bits per heavy atom. The van der Waals surface area contributed by atoms with Gasteiger partial charge in [0.15, 0.2) is 0 Å². The maximum atomic E-state index is 5.21. The van der Waals surface area contributed by atoms with Crippen molar-refractivity contribution < 1.29 is 9.47 Å². The van der Waals surface area contributed by atoms with Crippen molar-refractivity contribution in [1.29, 1.82) is 0 Å². The van der Waals surface area contributed by atoms with E-state index >= 15 is 0 Å². The highest BCUT2D eigenvalue weighted by Crippen LogP contribution is 2.21. The van der Waals surface area contributed by atoms with Gasteiger partial charge in [-0.25, -0.2) is 0 Å². The molecule has 0 saturated heterocycles. The summed E-state index contributed by atoms with van der Waals surface area (Å²) in [6.45, 7) is 4.66. The first kappa shape index (κ1) is 16.1. The quantitative estimate of drug-likeness (QED) is 0.744. The molecule has 2 aromatic rings. The lowest BCUT2D eigenvalue weighted by atomic mass is 10.0. The molecule has 0 amide bonds. The van der Waals surface area contributed by atoms with Crippen LogP contribution in [0.25, 0.3) is 0 Å². The lowest BCUT2D eigenvalue weighted by molar-refractivity contribution is 0.414. The maximum Gasteiger partial charge on any atom is 0.118 e. The first-order valence-electron chi connectivity index (χ1n) is 7.38. The molecule has 116 valence electrons. The third-order valence-electron chi connectivity index (χ3n) is 3.63. The average Bonchev–Trinajstić information content (AvgIpc) is 2.59. The van der Waals surface area contributed by atoms with E-state index in [2.05, 4.69) is 36.2 Å². The van der Waals surface area contributed by atoms with Gasteiger partial charge in [-0.05, 0) is 41.8 Å². The van der Waals surface area contributed by atoms with Crippen LogP contribution in [-0.2, 0) is 6.54 Å². The zero-order valence-electron chi connectivity index (χ0n) is 13.2. The number of hydrogen-bond acceptors (Lipinski definition) is 3. The van der Waals surface area contributed by atoms with E-state index in [9.17, 15) is 0 Å². The molecule has 22 heavy (non-hydrogen) atoms. The summed E-state index contributed by atoms with van der Waals surface area (Å²) in [5.74, 6) is 1.75. The fraction of sp³-hybridized carbons (Fsp3) is 0.263. The minimum atomic E-state index is 0.241. The third kappa shape index (κ3) is 4.37. The second kappa shape index (κ2) is 8.25. The van der Waals surface area contributed by atoms with Crippen molar-refractivity contribution in [3.8, 4) is 11.5 Å². The van der Waals surface area contributed by atoms with Gasteiger partial charge in [0.2, 0.25) is 0 Å². The van der Waals surface area contributed by atoms with Gasteiger partial charge in [0.25, 0.3) is 0 Å². The second-order valence-electron chi connectivity index (χ2n) is 5.08. The molecule has 0 spiro atoms. The number of nitrogens with one attached hydrogen (secondary N) is 1. The van der Waals surface area contributed by atoms with Crippen LogP contribution < -0.4 is 14.8 Å². The van der Waals surface area contributed by atoms with E-state index in [4.69, 9.17) is 9.47 Å². The first-order chi connectivity index (χ1) is 10.8. The average molecular weight is 297 g/mol. The number of ether oxygens (including phenoxy) is 2. The Hall–Kier alpha value is -2.26. The zero-order chi connectivity index (χ0) is 15.8. The fourth-order valence-corrected chi connectivity index (χ4v) is 2.32. The van der Waals surface area contributed by atoms with Crippen molar-refractivity contribution in [1.82, 2.24) is 5.32 Å². The highest BCUT2D eigenvalue weighted by Gasteiger charge is 2.09. The predicted octanol–water partition coefficient (Wildman–Crippen LogP) is 4.11. The van der Waals surface area contributed by atoms with Crippen LogP contribution in [0.15, 0.2) is 61.2 Å². The minimum Gasteiger partial charge on any atom is -0.497 e. The van der Waals surface area contributed by atoms with E-state index in [1.165, 1.54) is 11.1 Å². The van der Waals surface area contributed by atoms with Crippen LogP contribution in [0, 0.1) is 0 Å². The summed E-state index contributed by atoms with van der Waals surface area (Å²) in [5.41, 5.74) is 2.46. The van der Waals surface area contributed by atoms with E-state index in [0.717, 1.165) is 24.5 Å². The molecule has 0 aliphatic rings. The second-order valence-corrected chi connectivity index (χ2v) is 5.08. The van der Waals surface area contributed by atoms with Crippen molar-refractivity contribution in [3.63, 3.8) is 0 Å². The molecule has 0 bridgehead atoms. The van der Waals surface area contributed by atoms with Crippen molar-refractivity contribution in [2.24, 2.45) is 0 Å². The Balaban J connectivity index is 2.02. The monoisotopic (exact) mass is 297 g/mol. The van der Waals surface area contributed by atoms with Crippen LogP contribution >= 0.6 is 0 Å².